The summed E-state index contributed by atoms with van der Waals surface area (Å²) < 4.78 is 46.5. The van der Waals surface area contributed by atoms with Gasteiger partial charge < -0.3 is 34.9 Å². The van der Waals surface area contributed by atoms with Crippen molar-refractivity contribution in [2.24, 2.45) is 0 Å². The van der Waals surface area contributed by atoms with Crippen LogP contribution in [0.1, 0.15) is 0 Å². The Morgan fingerprint density at radius 3 is 2.31 bits per heavy atom. The van der Waals surface area contributed by atoms with Crippen molar-refractivity contribution >= 4 is 29.1 Å². The van der Waals surface area contributed by atoms with E-state index < -0.39 is 54.5 Å². The second-order valence-electron chi connectivity index (χ2n) is 4.71. The smallest absolute Gasteiger partial charge is 0.383 e. The Balaban J connectivity index is 2.87. The lowest BCUT2D eigenvalue weighted by Crippen LogP contribution is -2.32. The Labute approximate surface area is 145 Å². The number of phosphoric acid groups is 2. The molecule has 0 amide bonds. The number of hydrogen-bond acceptors (Lipinski definition) is 9. The Morgan fingerprint density at radius 2 is 1.81 bits per heavy atom. The van der Waals surface area contributed by atoms with E-state index in [0.717, 1.165) is 4.57 Å². The monoisotopic (exact) mass is 439 g/mol. The first-order chi connectivity index (χ1) is 11.7. The molecule has 0 saturated carbocycles. The molecule has 0 bridgehead atoms. The predicted octanol–water partition coefficient (Wildman–Crippen LogP) is -1.43. The second-order valence-corrected chi connectivity index (χ2v) is 9.12. The van der Waals surface area contributed by atoms with Crippen molar-refractivity contribution in [2.45, 2.75) is 12.6 Å². The van der Waals surface area contributed by atoms with Crippen LogP contribution in [0.3, 0.4) is 0 Å². The molecule has 0 spiro atoms. The van der Waals surface area contributed by atoms with Gasteiger partial charge in [0, 0.05) is 6.20 Å². The van der Waals surface area contributed by atoms with Gasteiger partial charge in [-0.25, -0.2) is 13.9 Å². The Bertz CT molecular complexity index is 814. The molecule has 1 aromatic rings. The number of anilines is 1. The summed E-state index contributed by atoms with van der Waals surface area (Å²) in [5, 5.41) is 0. The van der Waals surface area contributed by atoms with E-state index in [4.69, 9.17) is 30.0 Å². The fourth-order valence-electron chi connectivity index (χ4n) is 1.49. The van der Waals surface area contributed by atoms with Crippen molar-refractivity contribution in [1.82, 2.24) is 9.55 Å². The topological polar surface area (TPSA) is 241 Å². The maximum absolute atomic E-state index is 11.7. The van der Waals surface area contributed by atoms with E-state index in [-0.39, 0.29) is 5.82 Å². The number of aromatic nitrogens is 2. The molecule has 150 valence electrons. The molecule has 15 nitrogen and oxygen atoms in total. The van der Waals surface area contributed by atoms with E-state index in [1.54, 1.807) is 0 Å². The summed E-state index contributed by atoms with van der Waals surface area (Å²) in [5.41, 5.74) is 4.45. The van der Waals surface area contributed by atoms with E-state index in [1.165, 1.54) is 12.3 Å². The predicted molar refractivity (Wildman–Crippen MR) is 83.6 cm³/mol. The number of rotatable bonds is 10. The van der Waals surface area contributed by atoms with Crippen molar-refractivity contribution in [3.05, 3.63) is 22.7 Å². The van der Waals surface area contributed by atoms with Crippen LogP contribution in [0.2, 0.25) is 0 Å². The average Bonchev–Trinajstić information content (AvgIpc) is 2.40. The zero-order valence-corrected chi connectivity index (χ0v) is 15.4. The number of nitrogens with zero attached hydrogens (tertiary/aromatic N) is 2. The quantitative estimate of drug-likeness (QED) is 0.229. The van der Waals surface area contributed by atoms with Gasteiger partial charge in [0.2, 0.25) is 0 Å². The van der Waals surface area contributed by atoms with Crippen LogP contribution >= 0.6 is 23.2 Å². The van der Waals surface area contributed by atoms with Gasteiger partial charge in [0.1, 0.15) is 18.3 Å². The Morgan fingerprint density at radius 1 is 1.19 bits per heavy atom. The molecule has 7 N–H and O–H groups in total. The third kappa shape index (κ3) is 9.67. The second kappa shape index (κ2) is 8.83. The molecule has 26 heavy (non-hydrogen) atoms. The van der Waals surface area contributed by atoms with E-state index in [0.29, 0.717) is 0 Å². The van der Waals surface area contributed by atoms with Crippen LogP contribution in [-0.4, -0.2) is 53.1 Å². The van der Waals surface area contributed by atoms with Crippen molar-refractivity contribution in [1.29, 1.82) is 0 Å². The summed E-state index contributed by atoms with van der Waals surface area (Å²) >= 11 is 0. The molecule has 1 aromatic heterocycles. The van der Waals surface area contributed by atoms with Crippen molar-refractivity contribution in [3.8, 4) is 0 Å². The molecular formula is C8H16N3O12P3. The van der Waals surface area contributed by atoms with Crippen LogP contribution < -0.4 is 11.4 Å². The third-order valence-corrected chi connectivity index (χ3v) is 5.04. The molecule has 1 rings (SSSR count). The maximum atomic E-state index is 11.7. The van der Waals surface area contributed by atoms with Crippen LogP contribution in [-0.2, 0) is 33.8 Å². The lowest BCUT2D eigenvalue weighted by atomic mass is 10.3. The molecule has 0 radical (unpaired) electrons. The Hall–Kier alpha value is -0.950. The minimum Gasteiger partial charge on any atom is -0.383 e. The highest BCUT2D eigenvalue weighted by Crippen LogP contribution is 2.57. The summed E-state index contributed by atoms with van der Waals surface area (Å²) in [6.45, 7) is -1.35. The van der Waals surface area contributed by atoms with E-state index >= 15 is 0 Å². The van der Waals surface area contributed by atoms with Gasteiger partial charge in [-0.15, -0.1) is 0 Å². The molecular weight excluding hydrogens is 423 g/mol. The lowest BCUT2D eigenvalue weighted by Gasteiger charge is -2.20. The molecule has 18 heteroatoms. The zero-order valence-electron chi connectivity index (χ0n) is 12.8. The van der Waals surface area contributed by atoms with Crippen molar-refractivity contribution < 1.29 is 51.7 Å². The molecule has 0 aliphatic heterocycles. The molecule has 0 aliphatic carbocycles. The highest BCUT2D eigenvalue weighted by molar-refractivity contribution is 7.60. The first-order valence-corrected chi connectivity index (χ1v) is 11.2. The fourth-order valence-corrected chi connectivity index (χ4v) is 3.52. The van der Waals surface area contributed by atoms with Gasteiger partial charge in [-0.1, -0.05) is 0 Å². The molecule has 0 saturated heterocycles. The number of ether oxygens (including phenoxy) is 1. The standard InChI is InChI=1S/C8H16N3O12P3/c9-7-1-2-11(8(12)10-7)3-6(21-5-24(13,14)15)4-22-26(19,20)23-25(16,17)18/h1-2,6H,3-5H2,(H,19,20)(H2,9,10,12)(H2,13,14,15)(H2,16,17,18). The van der Waals surface area contributed by atoms with Gasteiger partial charge in [0.05, 0.1) is 13.2 Å². The summed E-state index contributed by atoms with van der Waals surface area (Å²) in [4.78, 5) is 58.9. The lowest BCUT2D eigenvalue weighted by molar-refractivity contribution is 0.0176. The minimum absolute atomic E-state index is 0.0925. The number of nitrogens with two attached hydrogens (primary N) is 1. The maximum Gasteiger partial charge on any atom is 0.481 e. The first-order valence-electron chi connectivity index (χ1n) is 6.40. The summed E-state index contributed by atoms with van der Waals surface area (Å²) in [5.74, 6) is -0.0925. The number of hydrogen-bond donors (Lipinski definition) is 6. The highest BCUT2D eigenvalue weighted by atomic mass is 31.3. The van der Waals surface area contributed by atoms with E-state index in [9.17, 15) is 23.4 Å². The van der Waals surface area contributed by atoms with Gasteiger partial charge >= 0.3 is 28.9 Å². The number of phosphoric ester groups is 1. The van der Waals surface area contributed by atoms with Gasteiger partial charge in [-0.05, 0) is 6.07 Å². The first kappa shape index (κ1) is 23.1. The van der Waals surface area contributed by atoms with Gasteiger partial charge in [-0.2, -0.15) is 9.29 Å². The normalized spacial score (nSPS) is 16.2. The van der Waals surface area contributed by atoms with Crippen LogP contribution in [0.5, 0.6) is 0 Å². The fraction of sp³-hybridized carbons (Fsp3) is 0.500. The highest BCUT2D eigenvalue weighted by Gasteiger charge is 2.33. The van der Waals surface area contributed by atoms with Crippen LogP contribution in [0.25, 0.3) is 0 Å². The van der Waals surface area contributed by atoms with Gasteiger partial charge in [0.15, 0.2) is 0 Å². The number of nitrogen functional groups attached to an aromatic ring is 1. The summed E-state index contributed by atoms with van der Waals surface area (Å²) in [6.07, 6.45) is -1.34. The van der Waals surface area contributed by atoms with Crippen molar-refractivity contribution in [2.75, 3.05) is 18.7 Å². The van der Waals surface area contributed by atoms with Crippen molar-refractivity contribution in [3.63, 3.8) is 0 Å². The molecule has 0 aliphatic rings. The minimum atomic E-state index is -5.35. The summed E-state index contributed by atoms with van der Waals surface area (Å²) in [6, 6.07) is 1.23. The summed E-state index contributed by atoms with van der Waals surface area (Å²) in [7, 11) is -15.2. The molecule has 2 unspecified atom stereocenters. The van der Waals surface area contributed by atoms with E-state index in [1.807, 2.05) is 0 Å². The molecule has 1 heterocycles. The Kier molecular flexibility index (Phi) is 7.84. The van der Waals surface area contributed by atoms with Crippen LogP contribution in [0, 0.1) is 0 Å². The molecule has 0 aromatic carbocycles. The van der Waals surface area contributed by atoms with Gasteiger partial charge in [0.25, 0.3) is 0 Å². The van der Waals surface area contributed by atoms with E-state index in [2.05, 4.69) is 13.8 Å². The molecule has 2 atom stereocenters. The average molecular weight is 439 g/mol. The van der Waals surface area contributed by atoms with Crippen LogP contribution in [0.4, 0.5) is 5.82 Å². The molecule has 0 fully saturated rings. The zero-order chi connectivity index (χ0) is 20.2. The third-order valence-electron chi connectivity index (χ3n) is 2.41. The van der Waals surface area contributed by atoms with Crippen LogP contribution in [0.15, 0.2) is 17.1 Å². The SMILES string of the molecule is Nc1ccn(CC(COP(=O)(O)OP(=O)(O)O)OCP(=O)(O)O)c(=O)n1. The largest absolute Gasteiger partial charge is 0.481 e. The van der Waals surface area contributed by atoms with Gasteiger partial charge in [-0.3, -0.25) is 13.7 Å².